The minimum absolute atomic E-state index is 0.0647. The first-order chi connectivity index (χ1) is 12.0. The van der Waals surface area contributed by atoms with Gasteiger partial charge in [-0.2, -0.15) is 0 Å². The lowest BCUT2D eigenvalue weighted by molar-refractivity contribution is -0.118. The molecule has 8 heteroatoms. The van der Waals surface area contributed by atoms with Crippen molar-refractivity contribution in [2.24, 2.45) is 7.05 Å². The molecule has 0 aromatic carbocycles. The number of carbonyl (C=O) groups excluding carboxylic acids is 1. The van der Waals surface area contributed by atoms with Crippen LogP contribution in [0.15, 0.2) is 34.5 Å². The van der Waals surface area contributed by atoms with Crippen molar-refractivity contribution in [1.29, 1.82) is 0 Å². The fourth-order valence-corrected chi connectivity index (χ4v) is 4.24. The van der Waals surface area contributed by atoms with Crippen molar-refractivity contribution in [1.82, 2.24) is 19.9 Å². The predicted octanol–water partition coefficient (Wildman–Crippen LogP) is 2.42. The second kappa shape index (κ2) is 7.37. The van der Waals surface area contributed by atoms with Crippen LogP contribution in [0.5, 0.6) is 0 Å². The van der Waals surface area contributed by atoms with E-state index in [0.717, 1.165) is 20.8 Å². The zero-order valence-electron chi connectivity index (χ0n) is 14.2. The number of aromatic nitrogens is 3. The molecule has 0 fully saturated rings. The van der Waals surface area contributed by atoms with Gasteiger partial charge in [0.05, 0.1) is 11.1 Å². The molecule has 3 heterocycles. The molecule has 0 aliphatic carbocycles. The topological polar surface area (TPSA) is 76.9 Å². The highest BCUT2D eigenvalue weighted by Crippen LogP contribution is 2.27. The highest BCUT2D eigenvalue weighted by atomic mass is 32.2. The maximum Gasteiger partial charge on any atom is 0.262 e. The van der Waals surface area contributed by atoms with E-state index in [4.69, 9.17) is 0 Å². The summed E-state index contributed by atoms with van der Waals surface area (Å²) in [4.78, 5) is 35.0. The highest BCUT2D eigenvalue weighted by Gasteiger charge is 2.15. The Labute approximate surface area is 153 Å². The Morgan fingerprint density at radius 3 is 2.92 bits per heavy atom. The smallest absolute Gasteiger partial charge is 0.262 e. The summed E-state index contributed by atoms with van der Waals surface area (Å²) in [5, 5.41) is 4.07. The summed E-state index contributed by atoms with van der Waals surface area (Å²) in [5.74, 6) is 0.0943. The molecule has 0 bridgehead atoms. The van der Waals surface area contributed by atoms with E-state index in [1.54, 1.807) is 19.4 Å². The second-order valence-electron chi connectivity index (χ2n) is 5.65. The molecular formula is C17H18N4O2S2. The molecule has 0 aliphatic rings. The van der Waals surface area contributed by atoms with Crippen LogP contribution in [0.1, 0.15) is 16.0 Å². The molecule has 0 radical (unpaired) electrons. The van der Waals surface area contributed by atoms with Crippen LogP contribution in [0, 0.1) is 13.8 Å². The Balaban J connectivity index is 1.70. The first kappa shape index (κ1) is 17.6. The highest BCUT2D eigenvalue weighted by molar-refractivity contribution is 7.99. The minimum Gasteiger partial charge on any atom is -0.351 e. The Kier molecular flexibility index (Phi) is 5.19. The van der Waals surface area contributed by atoms with Crippen molar-refractivity contribution < 1.29 is 4.79 Å². The van der Waals surface area contributed by atoms with E-state index in [1.165, 1.54) is 27.7 Å². The number of aryl methyl sites for hydroxylation is 2. The second-order valence-corrected chi connectivity index (χ2v) is 7.79. The summed E-state index contributed by atoms with van der Waals surface area (Å²) in [6.45, 7) is 4.36. The summed E-state index contributed by atoms with van der Waals surface area (Å²) in [6.07, 6.45) is 3.41. The lowest BCUT2D eigenvalue weighted by atomic mass is 10.2. The Morgan fingerprint density at radius 1 is 1.40 bits per heavy atom. The summed E-state index contributed by atoms with van der Waals surface area (Å²) < 4.78 is 1.51. The predicted molar refractivity (Wildman–Crippen MR) is 101 cm³/mol. The Bertz CT molecular complexity index is 980. The fraction of sp³-hybridized carbons (Fsp3) is 0.294. The largest absolute Gasteiger partial charge is 0.351 e. The molecule has 3 rings (SSSR count). The zero-order chi connectivity index (χ0) is 18.0. The van der Waals surface area contributed by atoms with Crippen molar-refractivity contribution in [3.05, 3.63) is 50.9 Å². The fourth-order valence-electron chi connectivity index (χ4n) is 2.37. The van der Waals surface area contributed by atoms with Gasteiger partial charge in [0, 0.05) is 30.9 Å². The van der Waals surface area contributed by atoms with Crippen LogP contribution in [0.25, 0.3) is 10.2 Å². The number of hydrogen-bond acceptors (Lipinski definition) is 6. The normalized spacial score (nSPS) is 11.0. The molecule has 0 spiro atoms. The summed E-state index contributed by atoms with van der Waals surface area (Å²) in [6, 6.07) is 3.73. The molecule has 130 valence electrons. The first-order valence-corrected chi connectivity index (χ1v) is 9.52. The quantitative estimate of drug-likeness (QED) is 0.548. The van der Waals surface area contributed by atoms with Crippen molar-refractivity contribution >= 4 is 39.2 Å². The van der Waals surface area contributed by atoms with E-state index in [9.17, 15) is 9.59 Å². The average Bonchev–Trinajstić information content (AvgIpc) is 2.90. The molecule has 3 aromatic heterocycles. The van der Waals surface area contributed by atoms with Gasteiger partial charge in [-0.3, -0.25) is 19.1 Å². The van der Waals surface area contributed by atoms with Crippen LogP contribution in [0.4, 0.5) is 0 Å². The van der Waals surface area contributed by atoms with Crippen molar-refractivity contribution in [3.63, 3.8) is 0 Å². The maximum atomic E-state index is 12.5. The van der Waals surface area contributed by atoms with E-state index < -0.39 is 0 Å². The van der Waals surface area contributed by atoms with Gasteiger partial charge in [-0.1, -0.05) is 17.8 Å². The van der Waals surface area contributed by atoms with Gasteiger partial charge in [0.25, 0.3) is 5.56 Å². The molecule has 0 saturated heterocycles. The van der Waals surface area contributed by atoms with Gasteiger partial charge in [0.2, 0.25) is 5.91 Å². The number of nitrogens with one attached hydrogen (secondary N) is 1. The van der Waals surface area contributed by atoms with E-state index in [1.807, 2.05) is 26.0 Å². The molecule has 1 amide bonds. The number of rotatable bonds is 5. The van der Waals surface area contributed by atoms with Gasteiger partial charge >= 0.3 is 0 Å². The standard InChI is InChI=1S/C17H18N4O2S2/c1-10-11(2)25-15-14(10)16(23)21(3)17(20-15)24-9-13(22)19-8-12-5-4-6-18-7-12/h4-7H,8-9H2,1-3H3,(H,19,22). The maximum absolute atomic E-state index is 12.5. The van der Waals surface area contributed by atoms with E-state index in [0.29, 0.717) is 17.1 Å². The summed E-state index contributed by atoms with van der Waals surface area (Å²) >= 11 is 2.78. The third-order valence-corrected chi connectivity index (χ3v) is 6.05. The molecule has 6 nitrogen and oxygen atoms in total. The van der Waals surface area contributed by atoms with E-state index in [2.05, 4.69) is 15.3 Å². The average molecular weight is 374 g/mol. The van der Waals surface area contributed by atoms with Gasteiger partial charge in [0.1, 0.15) is 4.83 Å². The number of thioether (sulfide) groups is 1. The molecule has 3 aromatic rings. The monoisotopic (exact) mass is 374 g/mol. The third kappa shape index (κ3) is 3.74. The lowest BCUT2D eigenvalue weighted by Gasteiger charge is -2.08. The van der Waals surface area contributed by atoms with Crippen molar-refractivity contribution in [2.75, 3.05) is 5.75 Å². The van der Waals surface area contributed by atoms with Crippen LogP contribution in [-0.2, 0) is 18.4 Å². The minimum atomic E-state index is -0.110. The van der Waals surface area contributed by atoms with Crippen LogP contribution in [-0.4, -0.2) is 26.2 Å². The van der Waals surface area contributed by atoms with Crippen molar-refractivity contribution in [2.45, 2.75) is 25.5 Å². The van der Waals surface area contributed by atoms with Gasteiger partial charge in [-0.05, 0) is 31.0 Å². The van der Waals surface area contributed by atoms with Crippen molar-refractivity contribution in [3.8, 4) is 0 Å². The molecule has 0 aliphatic heterocycles. The van der Waals surface area contributed by atoms with E-state index in [-0.39, 0.29) is 17.2 Å². The number of thiophene rings is 1. The molecule has 1 N–H and O–H groups in total. The van der Waals surface area contributed by atoms with Crippen LogP contribution in [0.2, 0.25) is 0 Å². The molecule has 25 heavy (non-hydrogen) atoms. The number of hydrogen-bond donors (Lipinski definition) is 1. The number of fused-ring (bicyclic) bond motifs is 1. The lowest BCUT2D eigenvalue weighted by Crippen LogP contribution is -2.25. The van der Waals surface area contributed by atoms with E-state index >= 15 is 0 Å². The van der Waals surface area contributed by atoms with Gasteiger partial charge in [-0.25, -0.2) is 4.98 Å². The Morgan fingerprint density at radius 2 is 2.20 bits per heavy atom. The molecular weight excluding hydrogens is 356 g/mol. The van der Waals surface area contributed by atoms with Gasteiger partial charge < -0.3 is 5.32 Å². The summed E-state index contributed by atoms with van der Waals surface area (Å²) in [7, 11) is 1.69. The molecule has 0 saturated carbocycles. The van der Waals surface area contributed by atoms with Gasteiger partial charge in [-0.15, -0.1) is 11.3 Å². The number of pyridine rings is 1. The van der Waals surface area contributed by atoms with Gasteiger partial charge in [0.15, 0.2) is 5.16 Å². The third-order valence-electron chi connectivity index (χ3n) is 3.91. The molecule has 0 atom stereocenters. The van der Waals surface area contributed by atoms with Crippen LogP contribution in [0.3, 0.4) is 0 Å². The Hall–Kier alpha value is -2.19. The molecule has 0 unspecified atom stereocenters. The van der Waals surface area contributed by atoms with Crippen LogP contribution >= 0.6 is 23.1 Å². The van der Waals surface area contributed by atoms with Crippen LogP contribution < -0.4 is 10.9 Å². The number of carbonyl (C=O) groups is 1. The number of amides is 1. The summed E-state index contributed by atoms with van der Waals surface area (Å²) in [5.41, 5.74) is 1.86. The number of nitrogens with zero attached hydrogens (tertiary/aromatic N) is 3. The first-order valence-electron chi connectivity index (χ1n) is 7.72. The SMILES string of the molecule is Cc1sc2nc(SCC(=O)NCc3cccnc3)n(C)c(=O)c2c1C. The zero-order valence-corrected chi connectivity index (χ0v) is 15.8.